The normalized spacial score (nSPS) is 14.5. The van der Waals surface area contributed by atoms with E-state index < -0.39 is 13.6 Å². The van der Waals surface area contributed by atoms with Crippen molar-refractivity contribution in [3.05, 3.63) is 29.8 Å². The topological polar surface area (TPSA) is 83.8 Å². The first-order chi connectivity index (χ1) is 6.99. The summed E-state index contributed by atoms with van der Waals surface area (Å²) in [4.78, 5) is 20.3. The first-order valence-corrected chi connectivity index (χ1v) is 5.87. The number of hydrogen-bond donors (Lipinski definition) is 2. The molecule has 1 rings (SSSR count). The molecule has 82 valence electrons. The molecule has 0 aliphatic heterocycles. The van der Waals surface area contributed by atoms with Gasteiger partial charge < -0.3 is 14.5 Å². The SMILES string of the molecule is CCOP(=O)(O)c1ccccc1C(=O)O. The average Bonchev–Trinajstić information content (AvgIpc) is 2.17. The summed E-state index contributed by atoms with van der Waals surface area (Å²) in [6, 6.07) is 5.52. The number of rotatable bonds is 4. The van der Waals surface area contributed by atoms with E-state index in [2.05, 4.69) is 4.52 Å². The van der Waals surface area contributed by atoms with E-state index in [1.165, 1.54) is 24.3 Å². The van der Waals surface area contributed by atoms with Crippen LogP contribution in [0.15, 0.2) is 24.3 Å². The van der Waals surface area contributed by atoms with Crippen LogP contribution in [0.4, 0.5) is 0 Å². The maximum atomic E-state index is 11.6. The predicted molar refractivity (Wildman–Crippen MR) is 54.5 cm³/mol. The Labute approximate surface area is 86.9 Å². The van der Waals surface area contributed by atoms with Crippen LogP contribution in [0, 0.1) is 0 Å². The van der Waals surface area contributed by atoms with Gasteiger partial charge in [-0.25, -0.2) is 4.79 Å². The molecule has 1 atom stereocenters. The van der Waals surface area contributed by atoms with Gasteiger partial charge in [-0.05, 0) is 19.1 Å². The van der Waals surface area contributed by atoms with Crippen molar-refractivity contribution in [3.8, 4) is 0 Å². The van der Waals surface area contributed by atoms with Gasteiger partial charge in [-0.1, -0.05) is 12.1 Å². The summed E-state index contributed by atoms with van der Waals surface area (Å²) in [7, 11) is -4.02. The first kappa shape index (κ1) is 11.9. The van der Waals surface area contributed by atoms with Crippen molar-refractivity contribution >= 4 is 18.9 Å². The summed E-state index contributed by atoms with van der Waals surface area (Å²) in [6.07, 6.45) is 0. The molecule has 1 aromatic carbocycles. The van der Waals surface area contributed by atoms with Gasteiger partial charge >= 0.3 is 13.6 Å². The van der Waals surface area contributed by atoms with Gasteiger partial charge in [0.1, 0.15) is 0 Å². The Bertz CT molecular complexity index is 415. The minimum Gasteiger partial charge on any atom is -0.478 e. The summed E-state index contributed by atoms with van der Waals surface area (Å²) in [5.74, 6) is -1.25. The van der Waals surface area contributed by atoms with Gasteiger partial charge in [0.05, 0.1) is 17.5 Å². The summed E-state index contributed by atoms with van der Waals surface area (Å²) in [5.41, 5.74) is -0.211. The lowest BCUT2D eigenvalue weighted by Gasteiger charge is -2.12. The molecule has 0 fully saturated rings. The van der Waals surface area contributed by atoms with Crippen molar-refractivity contribution in [2.75, 3.05) is 6.61 Å². The van der Waals surface area contributed by atoms with Crippen molar-refractivity contribution in [2.45, 2.75) is 6.92 Å². The quantitative estimate of drug-likeness (QED) is 0.760. The second-order valence-corrected chi connectivity index (χ2v) is 4.54. The highest BCUT2D eigenvalue weighted by molar-refractivity contribution is 7.61. The summed E-state index contributed by atoms with van der Waals surface area (Å²) in [5, 5.41) is 8.63. The Morgan fingerprint density at radius 3 is 2.60 bits per heavy atom. The van der Waals surface area contributed by atoms with Crippen molar-refractivity contribution in [1.29, 1.82) is 0 Å². The van der Waals surface area contributed by atoms with E-state index in [0.29, 0.717) is 0 Å². The molecule has 15 heavy (non-hydrogen) atoms. The van der Waals surface area contributed by atoms with Gasteiger partial charge in [0.2, 0.25) is 0 Å². The number of benzene rings is 1. The molecule has 0 aliphatic rings. The molecule has 0 spiro atoms. The molecule has 0 radical (unpaired) electrons. The zero-order valence-electron chi connectivity index (χ0n) is 8.08. The van der Waals surface area contributed by atoms with Gasteiger partial charge in [0.25, 0.3) is 0 Å². The van der Waals surface area contributed by atoms with Crippen LogP contribution in [0.25, 0.3) is 0 Å². The fourth-order valence-electron chi connectivity index (χ4n) is 1.15. The van der Waals surface area contributed by atoms with Crippen molar-refractivity contribution in [3.63, 3.8) is 0 Å². The molecular formula is C9H11O5P. The highest BCUT2D eigenvalue weighted by Gasteiger charge is 2.27. The standard InChI is InChI=1S/C9H11O5P/c1-2-14-15(12,13)8-6-4-3-5-7(8)9(10)11/h3-6H,2H2,1H3,(H,10,11)(H,12,13). The zero-order chi connectivity index (χ0) is 11.5. The third kappa shape index (κ3) is 2.65. The number of carboxylic acid groups (broad SMARTS) is 1. The Hall–Kier alpha value is -1.16. The van der Waals surface area contributed by atoms with E-state index in [0.717, 1.165) is 0 Å². The Morgan fingerprint density at radius 2 is 2.07 bits per heavy atom. The highest BCUT2D eigenvalue weighted by atomic mass is 31.2. The maximum absolute atomic E-state index is 11.6. The molecule has 0 aliphatic carbocycles. The molecule has 0 aromatic heterocycles. The lowest BCUT2D eigenvalue weighted by Crippen LogP contribution is -2.16. The molecule has 0 saturated heterocycles. The van der Waals surface area contributed by atoms with E-state index >= 15 is 0 Å². The second-order valence-electron chi connectivity index (χ2n) is 2.76. The Morgan fingerprint density at radius 1 is 1.47 bits per heavy atom. The number of aromatic carboxylic acids is 1. The van der Waals surface area contributed by atoms with E-state index in [4.69, 9.17) is 5.11 Å². The molecule has 0 amide bonds. The van der Waals surface area contributed by atoms with Gasteiger partial charge in [-0.2, -0.15) is 0 Å². The van der Waals surface area contributed by atoms with E-state index in [9.17, 15) is 14.3 Å². The van der Waals surface area contributed by atoms with Crippen LogP contribution in [0.5, 0.6) is 0 Å². The minimum absolute atomic E-state index is 0.0434. The molecule has 6 heteroatoms. The lowest BCUT2D eigenvalue weighted by atomic mass is 10.2. The molecule has 0 heterocycles. The van der Waals surface area contributed by atoms with Crippen LogP contribution in [0.3, 0.4) is 0 Å². The largest absolute Gasteiger partial charge is 0.478 e. The Kier molecular flexibility index (Phi) is 3.63. The summed E-state index contributed by atoms with van der Waals surface area (Å²) >= 11 is 0. The number of carboxylic acids is 1. The molecule has 5 nitrogen and oxygen atoms in total. The van der Waals surface area contributed by atoms with Crippen LogP contribution in [-0.4, -0.2) is 22.6 Å². The smallest absolute Gasteiger partial charge is 0.359 e. The summed E-state index contributed by atoms with van der Waals surface area (Å²) in [6.45, 7) is 1.61. The Balaban J connectivity index is 3.24. The van der Waals surface area contributed by atoms with Crippen molar-refractivity contribution < 1.29 is 23.9 Å². The monoisotopic (exact) mass is 230 g/mol. The molecular weight excluding hydrogens is 219 g/mol. The maximum Gasteiger partial charge on any atom is 0.359 e. The summed E-state index contributed by atoms with van der Waals surface area (Å²) < 4.78 is 16.3. The van der Waals surface area contributed by atoms with Gasteiger partial charge in [0, 0.05) is 0 Å². The van der Waals surface area contributed by atoms with Crippen LogP contribution < -0.4 is 5.30 Å². The minimum atomic E-state index is -4.02. The fraction of sp³-hybridized carbons (Fsp3) is 0.222. The van der Waals surface area contributed by atoms with Crippen LogP contribution in [0.2, 0.25) is 0 Å². The number of hydrogen-bond acceptors (Lipinski definition) is 3. The zero-order valence-corrected chi connectivity index (χ0v) is 8.98. The fourth-order valence-corrected chi connectivity index (χ4v) is 2.38. The van der Waals surface area contributed by atoms with Crippen molar-refractivity contribution in [1.82, 2.24) is 0 Å². The average molecular weight is 230 g/mol. The molecule has 1 aromatic rings. The number of carbonyl (C=O) groups is 1. The van der Waals surface area contributed by atoms with Gasteiger partial charge in [-0.15, -0.1) is 0 Å². The first-order valence-electron chi connectivity index (χ1n) is 4.29. The van der Waals surface area contributed by atoms with Crippen LogP contribution in [-0.2, 0) is 9.09 Å². The van der Waals surface area contributed by atoms with E-state index in [1.54, 1.807) is 6.92 Å². The van der Waals surface area contributed by atoms with Crippen molar-refractivity contribution in [2.24, 2.45) is 0 Å². The third-order valence-corrected chi connectivity index (χ3v) is 3.35. The molecule has 2 N–H and O–H groups in total. The molecule has 1 unspecified atom stereocenters. The van der Waals surface area contributed by atoms with Crippen LogP contribution in [0.1, 0.15) is 17.3 Å². The molecule has 0 bridgehead atoms. The second kappa shape index (κ2) is 4.57. The van der Waals surface area contributed by atoms with Gasteiger partial charge in [0.15, 0.2) is 0 Å². The van der Waals surface area contributed by atoms with E-state index in [1.807, 2.05) is 0 Å². The highest BCUT2D eigenvalue weighted by Crippen LogP contribution is 2.41. The van der Waals surface area contributed by atoms with Gasteiger partial charge in [-0.3, -0.25) is 4.57 Å². The lowest BCUT2D eigenvalue weighted by molar-refractivity contribution is 0.0697. The molecule has 0 saturated carbocycles. The van der Waals surface area contributed by atoms with E-state index in [-0.39, 0.29) is 17.5 Å². The third-order valence-electron chi connectivity index (χ3n) is 1.74. The predicted octanol–water partition coefficient (Wildman–Crippen LogP) is 1.23. The van der Waals surface area contributed by atoms with Crippen LogP contribution >= 0.6 is 7.60 Å².